The summed E-state index contributed by atoms with van der Waals surface area (Å²) in [4.78, 5) is 7.40. The van der Waals surface area contributed by atoms with E-state index in [1.807, 2.05) is 19.1 Å². The van der Waals surface area contributed by atoms with E-state index in [0.717, 1.165) is 24.2 Å². The summed E-state index contributed by atoms with van der Waals surface area (Å²) in [6, 6.07) is 6.98. The molecule has 1 aromatic carbocycles. The van der Waals surface area contributed by atoms with E-state index in [9.17, 15) is 8.42 Å². The first-order chi connectivity index (χ1) is 9.62. The molecule has 5 nitrogen and oxygen atoms in total. The third-order valence-electron chi connectivity index (χ3n) is 3.08. The molecule has 2 rings (SSSR count). The normalized spacial score (nSPS) is 11.7. The van der Waals surface area contributed by atoms with Gasteiger partial charge in [0.15, 0.2) is 0 Å². The van der Waals surface area contributed by atoms with Gasteiger partial charge in [-0.15, -0.1) is 0 Å². The van der Waals surface area contributed by atoms with Crippen LogP contribution in [-0.2, 0) is 22.9 Å². The number of aryl methyl sites for hydroxylation is 2. The molecular weight excluding hydrogens is 274 g/mol. The summed E-state index contributed by atoms with van der Waals surface area (Å²) in [7, 11) is -3.41. The van der Waals surface area contributed by atoms with Crippen molar-refractivity contribution in [2.45, 2.75) is 31.1 Å². The number of H-pyrrole nitrogens is 1. The smallest absolute Gasteiger partial charge is 0.240 e. The number of aromatic amines is 1. The number of nitrogens with one attached hydrogen (secondary N) is 2. The Labute approximate surface area is 119 Å². The van der Waals surface area contributed by atoms with Crippen LogP contribution in [-0.4, -0.2) is 24.9 Å². The van der Waals surface area contributed by atoms with Gasteiger partial charge in [-0.1, -0.05) is 19.1 Å². The Balaban J connectivity index is 1.86. The van der Waals surface area contributed by atoms with E-state index in [2.05, 4.69) is 14.7 Å². The fraction of sp³-hybridized carbons (Fsp3) is 0.357. The number of sulfonamides is 1. The highest BCUT2D eigenvalue weighted by Crippen LogP contribution is 2.10. The van der Waals surface area contributed by atoms with E-state index in [0.29, 0.717) is 17.9 Å². The van der Waals surface area contributed by atoms with Crippen LogP contribution in [0.1, 0.15) is 24.7 Å². The molecule has 1 heterocycles. The van der Waals surface area contributed by atoms with E-state index < -0.39 is 10.0 Å². The number of hydrogen-bond donors (Lipinski definition) is 2. The van der Waals surface area contributed by atoms with Gasteiger partial charge in [0.25, 0.3) is 0 Å². The molecular formula is C14H19N3O2S. The second-order valence-electron chi connectivity index (χ2n) is 4.53. The minimum absolute atomic E-state index is 0.313. The van der Waals surface area contributed by atoms with Crippen LogP contribution in [0, 0.1) is 0 Å². The lowest BCUT2D eigenvalue weighted by Crippen LogP contribution is -2.25. The Morgan fingerprint density at radius 3 is 2.60 bits per heavy atom. The van der Waals surface area contributed by atoms with Crippen LogP contribution in [0.5, 0.6) is 0 Å². The van der Waals surface area contributed by atoms with E-state index in [4.69, 9.17) is 0 Å². The third kappa shape index (κ3) is 3.91. The number of imidazole rings is 1. The third-order valence-corrected chi connectivity index (χ3v) is 4.56. The average Bonchev–Trinajstić information content (AvgIpc) is 2.97. The molecule has 0 atom stereocenters. The average molecular weight is 293 g/mol. The van der Waals surface area contributed by atoms with Crippen LogP contribution in [0.25, 0.3) is 0 Å². The van der Waals surface area contributed by atoms with Gasteiger partial charge in [-0.2, -0.15) is 0 Å². The van der Waals surface area contributed by atoms with Gasteiger partial charge >= 0.3 is 0 Å². The zero-order valence-electron chi connectivity index (χ0n) is 11.5. The maximum absolute atomic E-state index is 12.1. The summed E-state index contributed by atoms with van der Waals surface area (Å²) in [5.41, 5.74) is 1.13. The molecule has 0 unspecified atom stereocenters. The van der Waals surface area contributed by atoms with Gasteiger partial charge in [0, 0.05) is 25.4 Å². The topological polar surface area (TPSA) is 74.8 Å². The van der Waals surface area contributed by atoms with Crippen molar-refractivity contribution in [3.8, 4) is 0 Å². The molecule has 2 aromatic rings. The summed E-state index contributed by atoms with van der Waals surface area (Å²) < 4.78 is 26.7. The van der Waals surface area contributed by atoms with Gasteiger partial charge in [0.1, 0.15) is 5.82 Å². The lowest BCUT2D eigenvalue weighted by molar-refractivity contribution is 0.578. The molecule has 0 saturated heterocycles. The second kappa shape index (κ2) is 6.67. The molecule has 0 amide bonds. The Morgan fingerprint density at radius 2 is 2.00 bits per heavy atom. The fourth-order valence-corrected chi connectivity index (χ4v) is 2.96. The molecule has 20 heavy (non-hydrogen) atoms. The molecule has 0 aliphatic rings. The van der Waals surface area contributed by atoms with Gasteiger partial charge in [-0.3, -0.25) is 0 Å². The van der Waals surface area contributed by atoms with Crippen LogP contribution in [0.2, 0.25) is 0 Å². The van der Waals surface area contributed by atoms with Crippen molar-refractivity contribution >= 4 is 10.0 Å². The van der Waals surface area contributed by atoms with E-state index in [-0.39, 0.29) is 0 Å². The Hall–Kier alpha value is -1.66. The maximum atomic E-state index is 12.1. The van der Waals surface area contributed by atoms with Gasteiger partial charge < -0.3 is 4.98 Å². The van der Waals surface area contributed by atoms with E-state index >= 15 is 0 Å². The summed E-state index contributed by atoms with van der Waals surface area (Å²) in [6.07, 6.45) is 5.78. The first-order valence-corrected chi connectivity index (χ1v) is 8.17. The molecule has 108 valence electrons. The molecule has 2 N–H and O–H groups in total. The van der Waals surface area contributed by atoms with Crippen molar-refractivity contribution in [1.29, 1.82) is 0 Å². The van der Waals surface area contributed by atoms with Crippen molar-refractivity contribution in [3.05, 3.63) is 48.0 Å². The fourth-order valence-electron chi connectivity index (χ4n) is 1.88. The van der Waals surface area contributed by atoms with Gasteiger partial charge in [-0.05, 0) is 30.5 Å². The van der Waals surface area contributed by atoms with Gasteiger partial charge in [-0.25, -0.2) is 18.1 Å². The highest BCUT2D eigenvalue weighted by atomic mass is 32.2. The number of rotatable bonds is 7. The lowest BCUT2D eigenvalue weighted by Gasteiger charge is -2.07. The summed E-state index contributed by atoms with van der Waals surface area (Å²) in [5.74, 6) is 0.872. The quantitative estimate of drug-likeness (QED) is 0.765. The molecule has 1 aromatic heterocycles. The van der Waals surface area contributed by atoms with Crippen LogP contribution in [0.15, 0.2) is 41.6 Å². The maximum Gasteiger partial charge on any atom is 0.240 e. The predicted octanol–water partition coefficient (Wildman–Crippen LogP) is 1.88. The standard InChI is InChI=1S/C14H19N3O2S/c1-2-12-5-7-13(8-6-12)20(18,19)17-9-3-4-14-15-10-11-16-14/h5-8,10-11,17H,2-4,9H2,1H3,(H,15,16). The molecule has 0 fully saturated rings. The molecule has 0 aliphatic carbocycles. The Bertz CT molecular complexity index is 619. The lowest BCUT2D eigenvalue weighted by atomic mass is 10.2. The van der Waals surface area contributed by atoms with Crippen LogP contribution in [0.3, 0.4) is 0 Å². The van der Waals surface area contributed by atoms with Crippen molar-refractivity contribution in [2.24, 2.45) is 0 Å². The van der Waals surface area contributed by atoms with Crippen molar-refractivity contribution in [2.75, 3.05) is 6.54 Å². The zero-order chi connectivity index (χ0) is 14.4. The van der Waals surface area contributed by atoms with Gasteiger partial charge in [0.05, 0.1) is 4.90 Å². The van der Waals surface area contributed by atoms with Crippen LogP contribution in [0.4, 0.5) is 0 Å². The van der Waals surface area contributed by atoms with Crippen molar-refractivity contribution < 1.29 is 8.42 Å². The molecule has 0 radical (unpaired) electrons. The van der Waals surface area contributed by atoms with Crippen LogP contribution < -0.4 is 4.72 Å². The SMILES string of the molecule is CCc1ccc(S(=O)(=O)NCCCc2ncc[nH]2)cc1. The Kier molecular flexibility index (Phi) is 4.92. The summed E-state index contributed by atoms with van der Waals surface area (Å²) in [6.45, 7) is 2.44. The largest absolute Gasteiger partial charge is 0.349 e. The highest BCUT2D eigenvalue weighted by Gasteiger charge is 2.12. The summed E-state index contributed by atoms with van der Waals surface area (Å²) >= 11 is 0. The predicted molar refractivity (Wildman–Crippen MR) is 77.9 cm³/mol. The first kappa shape index (κ1) is 14.7. The minimum Gasteiger partial charge on any atom is -0.349 e. The number of nitrogens with zero attached hydrogens (tertiary/aromatic N) is 1. The molecule has 0 bridgehead atoms. The summed E-state index contributed by atoms with van der Waals surface area (Å²) in [5, 5.41) is 0. The second-order valence-corrected chi connectivity index (χ2v) is 6.30. The number of benzene rings is 1. The van der Waals surface area contributed by atoms with E-state index in [1.165, 1.54) is 0 Å². The molecule has 0 saturated carbocycles. The van der Waals surface area contributed by atoms with Crippen molar-refractivity contribution in [3.63, 3.8) is 0 Å². The molecule has 6 heteroatoms. The number of hydrogen-bond acceptors (Lipinski definition) is 3. The van der Waals surface area contributed by atoms with Gasteiger partial charge in [0.2, 0.25) is 10.0 Å². The zero-order valence-corrected chi connectivity index (χ0v) is 12.3. The van der Waals surface area contributed by atoms with Crippen LogP contribution >= 0.6 is 0 Å². The monoisotopic (exact) mass is 293 g/mol. The molecule has 0 aliphatic heterocycles. The minimum atomic E-state index is -3.41. The number of aromatic nitrogens is 2. The van der Waals surface area contributed by atoms with E-state index in [1.54, 1.807) is 24.5 Å². The molecule has 0 spiro atoms. The van der Waals surface area contributed by atoms with Crippen molar-refractivity contribution in [1.82, 2.24) is 14.7 Å². The Morgan fingerprint density at radius 1 is 1.25 bits per heavy atom. The highest BCUT2D eigenvalue weighted by molar-refractivity contribution is 7.89. The first-order valence-electron chi connectivity index (χ1n) is 6.68.